The van der Waals surface area contributed by atoms with Crippen molar-refractivity contribution in [2.45, 2.75) is 37.6 Å². The molecule has 0 saturated heterocycles. The van der Waals surface area contributed by atoms with E-state index in [1.54, 1.807) is 0 Å². The quantitative estimate of drug-likeness (QED) is 0.454. The molecule has 1 aliphatic heterocycles. The largest absolute Gasteiger partial charge is 0.288 e. The Hall–Kier alpha value is -0.500. The van der Waals surface area contributed by atoms with Crippen molar-refractivity contribution in [2.24, 2.45) is 5.10 Å². The van der Waals surface area contributed by atoms with Gasteiger partial charge in [0.2, 0.25) is 0 Å². The Morgan fingerprint density at radius 2 is 2.17 bits per heavy atom. The van der Waals surface area contributed by atoms with Gasteiger partial charge in [-0.15, -0.1) is 0 Å². The lowest BCUT2D eigenvalue weighted by molar-refractivity contribution is 0.724. The van der Waals surface area contributed by atoms with Crippen LogP contribution in [0.1, 0.15) is 32.1 Å². The monoisotopic (exact) mass is 184 g/mol. The Labute approximate surface area is 77.7 Å². The number of hydrogen-bond acceptors (Lipinski definition) is 2. The van der Waals surface area contributed by atoms with Crippen LogP contribution in [0.4, 0.5) is 0 Å². The lowest BCUT2D eigenvalue weighted by Gasteiger charge is -2.16. The predicted octanol–water partition coefficient (Wildman–Crippen LogP) is 2.40. The predicted molar refractivity (Wildman–Crippen MR) is 51.4 cm³/mol. The minimum absolute atomic E-state index is 0.0955. The van der Waals surface area contributed by atoms with Crippen molar-refractivity contribution in [1.29, 1.82) is 0 Å². The van der Waals surface area contributed by atoms with Crippen molar-refractivity contribution in [3.05, 3.63) is 11.6 Å². The Morgan fingerprint density at radius 3 is 3.08 bits per heavy atom. The van der Waals surface area contributed by atoms with E-state index in [1.807, 2.05) is 0 Å². The molecule has 3 heteroatoms. The second-order valence-corrected chi connectivity index (χ2v) is 3.81. The van der Waals surface area contributed by atoms with E-state index in [1.165, 1.54) is 30.5 Å². The molecule has 2 aliphatic rings. The van der Waals surface area contributed by atoms with Gasteiger partial charge in [-0.1, -0.05) is 18.0 Å². The number of rotatable bonds is 0. The molecule has 0 aromatic rings. The average Bonchev–Trinajstić information content (AvgIpc) is 2.28. The molecule has 0 spiro atoms. The standard InChI is InChI=1S/C9H13ClN2/c10-9-6-7-4-2-1-3-5-8(7)11-12-9/h6,9,12H,1-5H2. The van der Waals surface area contributed by atoms with Crippen LogP contribution in [0.2, 0.25) is 0 Å². The smallest absolute Gasteiger partial charge is 0.136 e. The van der Waals surface area contributed by atoms with E-state index >= 15 is 0 Å². The third kappa shape index (κ3) is 1.63. The van der Waals surface area contributed by atoms with Crippen LogP contribution in [0.15, 0.2) is 16.8 Å². The van der Waals surface area contributed by atoms with Gasteiger partial charge in [-0.05, 0) is 37.3 Å². The van der Waals surface area contributed by atoms with Crippen LogP contribution in [0.3, 0.4) is 0 Å². The molecule has 66 valence electrons. The van der Waals surface area contributed by atoms with Gasteiger partial charge >= 0.3 is 0 Å². The normalized spacial score (nSPS) is 29.2. The zero-order chi connectivity index (χ0) is 8.39. The van der Waals surface area contributed by atoms with E-state index < -0.39 is 0 Å². The molecule has 0 amide bonds. The van der Waals surface area contributed by atoms with Gasteiger partial charge in [-0.25, -0.2) is 0 Å². The van der Waals surface area contributed by atoms with Gasteiger partial charge in [0, 0.05) is 0 Å². The second kappa shape index (κ2) is 3.48. The first-order valence-corrected chi connectivity index (χ1v) is 4.97. The summed E-state index contributed by atoms with van der Waals surface area (Å²) in [6.45, 7) is 0. The molecule has 2 nitrogen and oxygen atoms in total. The number of halogens is 1. The van der Waals surface area contributed by atoms with Crippen LogP contribution >= 0.6 is 11.6 Å². The summed E-state index contributed by atoms with van der Waals surface area (Å²) in [6, 6.07) is 0. The van der Waals surface area contributed by atoms with Gasteiger partial charge in [-0.2, -0.15) is 5.10 Å². The fourth-order valence-corrected chi connectivity index (χ4v) is 1.95. The number of hydrazone groups is 1. The fraction of sp³-hybridized carbons (Fsp3) is 0.667. The highest BCUT2D eigenvalue weighted by molar-refractivity contribution is 6.22. The van der Waals surface area contributed by atoms with E-state index in [0.717, 1.165) is 12.8 Å². The zero-order valence-electron chi connectivity index (χ0n) is 7.02. The molecule has 1 unspecified atom stereocenters. The third-order valence-electron chi connectivity index (χ3n) is 2.40. The first-order valence-electron chi connectivity index (χ1n) is 4.53. The van der Waals surface area contributed by atoms with E-state index in [2.05, 4.69) is 16.6 Å². The number of allylic oxidation sites excluding steroid dienone is 1. The third-order valence-corrected chi connectivity index (χ3v) is 2.62. The molecular weight excluding hydrogens is 172 g/mol. The second-order valence-electron chi connectivity index (χ2n) is 3.34. The van der Waals surface area contributed by atoms with Crippen molar-refractivity contribution in [3.8, 4) is 0 Å². The molecule has 1 saturated carbocycles. The van der Waals surface area contributed by atoms with Gasteiger partial charge in [-0.3, -0.25) is 5.43 Å². The van der Waals surface area contributed by atoms with E-state index in [9.17, 15) is 0 Å². The zero-order valence-corrected chi connectivity index (χ0v) is 7.77. The number of nitrogens with one attached hydrogen (secondary N) is 1. The van der Waals surface area contributed by atoms with Crippen molar-refractivity contribution in [3.63, 3.8) is 0 Å². The highest BCUT2D eigenvalue weighted by Crippen LogP contribution is 2.23. The van der Waals surface area contributed by atoms with Crippen LogP contribution in [-0.4, -0.2) is 11.2 Å². The minimum atomic E-state index is -0.0955. The summed E-state index contributed by atoms with van der Waals surface area (Å²) in [5.41, 5.74) is 5.38. The maximum absolute atomic E-state index is 5.90. The molecule has 1 heterocycles. The SMILES string of the molecule is ClC1C=C2CCCCCC2=NN1. The molecule has 2 rings (SSSR count). The molecule has 0 aromatic carbocycles. The van der Waals surface area contributed by atoms with Gasteiger partial charge in [0.05, 0.1) is 5.71 Å². The maximum Gasteiger partial charge on any atom is 0.136 e. The molecule has 1 N–H and O–H groups in total. The van der Waals surface area contributed by atoms with Crippen molar-refractivity contribution in [2.75, 3.05) is 0 Å². The molecule has 0 aromatic heterocycles. The summed E-state index contributed by atoms with van der Waals surface area (Å²) in [5, 5.41) is 4.26. The molecule has 0 radical (unpaired) electrons. The van der Waals surface area contributed by atoms with Crippen molar-refractivity contribution in [1.82, 2.24) is 5.43 Å². The topological polar surface area (TPSA) is 24.4 Å². The summed E-state index contributed by atoms with van der Waals surface area (Å²) < 4.78 is 0. The Bertz CT molecular complexity index is 233. The Balaban J connectivity index is 2.18. The first-order chi connectivity index (χ1) is 5.86. The molecule has 1 aliphatic carbocycles. The van der Waals surface area contributed by atoms with Crippen LogP contribution < -0.4 is 5.43 Å². The maximum atomic E-state index is 5.90. The molecular formula is C9H13ClN2. The number of nitrogens with zero attached hydrogens (tertiary/aromatic N) is 1. The number of fused-ring (bicyclic) bond motifs is 1. The van der Waals surface area contributed by atoms with E-state index in [-0.39, 0.29) is 5.50 Å². The van der Waals surface area contributed by atoms with Crippen molar-refractivity contribution >= 4 is 17.3 Å². The molecule has 12 heavy (non-hydrogen) atoms. The molecule has 0 bridgehead atoms. The van der Waals surface area contributed by atoms with E-state index in [4.69, 9.17) is 11.6 Å². The van der Waals surface area contributed by atoms with Crippen LogP contribution in [0.5, 0.6) is 0 Å². The Morgan fingerprint density at radius 1 is 1.33 bits per heavy atom. The molecule has 1 atom stereocenters. The highest BCUT2D eigenvalue weighted by atomic mass is 35.5. The minimum Gasteiger partial charge on any atom is -0.288 e. The van der Waals surface area contributed by atoms with Crippen LogP contribution in [0, 0.1) is 0 Å². The Kier molecular flexibility index (Phi) is 2.35. The lowest BCUT2D eigenvalue weighted by atomic mass is 10.0. The van der Waals surface area contributed by atoms with Gasteiger partial charge < -0.3 is 0 Å². The number of alkyl halides is 1. The fourth-order valence-electron chi connectivity index (χ4n) is 1.75. The highest BCUT2D eigenvalue weighted by Gasteiger charge is 2.16. The van der Waals surface area contributed by atoms with E-state index in [0.29, 0.717) is 0 Å². The van der Waals surface area contributed by atoms with Crippen LogP contribution in [0.25, 0.3) is 0 Å². The van der Waals surface area contributed by atoms with Gasteiger partial charge in [0.25, 0.3) is 0 Å². The molecule has 1 fully saturated rings. The summed E-state index contributed by atoms with van der Waals surface area (Å²) in [5.74, 6) is 0. The van der Waals surface area contributed by atoms with Gasteiger partial charge in [0.15, 0.2) is 0 Å². The van der Waals surface area contributed by atoms with Gasteiger partial charge in [0.1, 0.15) is 5.50 Å². The summed E-state index contributed by atoms with van der Waals surface area (Å²) in [7, 11) is 0. The average molecular weight is 185 g/mol. The first kappa shape index (κ1) is 8.11. The number of hydrogen-bond donors (Lipinski definition) is 1. The summed E-state index contributed by atoms with van der Waals surface area (Å²) in [4.78, 5) is 0. The van der Waals surface area contributed by atoms with Crippen molar-refractivity contribution < 1.29 is 0 Å². The van der Waals surface area contributed by atoms with Crippen LogP contribution in [-0.2, 0) is 0 Å². The summed E-state index contributed by atoms with van der Waals surface area (Å²) in [6.07, 6.45) is 8.24. The lowest BCUT2D eigenvalue weighted by Crippen LogP contribution is -2.24. The summed E-state index contributed by atoms with van der Waals surface area (Å²) >= 11 is 5.90.